The van der Waals surface area contributed by atoms with Crippen LogP contribution in [-0.4, -0.2) is 31.3 Å². The zero-order valence-corrected chi connectivity index (χ0v) is 29.6. The number of allylic oxidation sites excluding steroid dienone is 4. The van der Waals surface area contributed by atoms with Crippen LogP contribution in [0.5, 0.6) is 5.75 Å². The minimum Gasteiger partial charge on any atom is -0.497 e. The van der Waals surface area contributed by atoms with Crippen LogP contribution in [0, 0.1) is 26.1 Å². The summed E-state index contributed by atoms with van der Waals surface area (Å²) < 4.78 is 6.00. The fraction of sp³-hybridized carbons (Fsp3) is 0.586. The van der Waals surface area contributed by atoms with Crippen molar-refractivity contribution in [1.29, 1.82) is 0 Å². The summed E-state index contributed by atoms with van der Waals surface area (Å²) in [6.45, 7) is 34.9. The fourth-order valence-corrected chi connectivity index (χ4v) is 8.34. The van der Waals surface area contributed by atoms with Crippen molar-refractivity contribution in [2.75, 3.05) is 7.11 Å². The van der Waals surface area contributed by atoms with E-state index in [2.05, 4.69) is 124 Å². The van der Waals surface area contributed by atoms with E-state index in [0.29, 0.717) is 0 Å². The van der Waals surface area contributed by atoms with Gasteiger partial charge in [0.2, 0.25) is 0 Å². The molecule has 34 heavy (non-hydrogen) atoms. The van der Waals surface area contributed by atoms with Gasteiger partial charge in [-0.05, 0) is 23.1 Å². The van der Waals surface area contributed by atoms with Gasteiger partial charge in [-0.25, -0.2) is 12.2 Å². The monoisotopic (exact) mass is 546 g/mol. The van der Waals surface area contributed by atoms with Crippen molar-refractivity contribution in [3.05, 3.63) is 59.8 Å². The Morgan fingerprint density at radius 2 is 1.38 bits per heavy atom. The molecule has 0 heterocycles. The standard InChI is InChI=1S/C21H31OSi.2C4H11Si.Sc/c1-8-23(9-2,17-12-10-11-13-17)19-15-16(3)14-18(20(19)22-7)21(4,5)6;2*1-5(2,3)4;/h10-11,14-15H,8-9,12H2,1-7H3;2*1H2,2-4H3;/q3*-1;+3. The molecule has 0 aromatic heterocycles. The fourth-order valence-electron chi connectivity index (χ4n) is 3.85. The smallest absolute Gasteiger partial charge is 0.497 e. The molecule has 1 aliphatic rings. The molecule has 0 bridgehead atoms. The molecule has 0 amide bonds. The van der Waals surface area contributed by atoms with Gasteiger partial charge in [0.05, 0.1) is 15.2 Å². The van der Waals surface area contributed by atoms with E-state index in [4.69, 9.17) is 4.74 Å². The summed E-state index contributed by atoms with van der Waals surface area (Å²) in [5, 5.41) is 3.01. The summed E-state index contributed by atoms with van der Waals surface area (Å²) in [7, 11) is -1.67. The van der Waals surface area contributed by atoms with Crippen LogP contribution >= 0.6 is 0 Å². The maximum atomic E-state index is 6.00. The molecule has 1 aromatic carbocycles. The van der Waals surface area contributed by atoms with Crippen LogP contribution in [0.25, 0.3) is 0 Å². The molecule has 0 saturated carbocycles. The molecule has 0 aliphatic heterocycles. The minimum absolute atomic E-state index is 0. The SMILES string of the molecule is CC[Si](CC)(C1=[C-]C=CC1)c1cc(C)cc(C(C)(C)C)c1OC.[CH2-][Si](C)(C)C.[CH2-][Si](C)(C)C.[Sc+3]. The number of hydrogen-bond acceptors (Lipinski definition) is 1. The Labute approximate surface area is 236 Å². The normalized spacial score (nSPS) is 13.7. The van der Waals surface area contributed by atoms with Gasteiger partial charge in [-0.1, -0.05) is 104 Å². The van der Waals surface area contributed by atoms with Gasteiger partial charge in [-0.2, -0.15) is 5.20 Å². The Kier molecular flexibility index (Phi) is 15.6. The van der Waals surface area contributed by atoms with Crippen molar-refractivity contribution in [3.63, 3.8) is 0 Å². The van der Waals surface area contributed by atoms with Crippen molar-refractivity contribution in [3.8, 4) is 5.75 Å². The van der Waals surface area contributed by atoms with Gasteiger partial charge in [0.15, 0.2) is 0 Å². The van der Waals surface area contributed by atoms with Gasteiger partial charge >= 0.3 is 25.8 Å². The number of hydrogen-bond donors (Lipinski definition) is 0. The molecule has 190 valence electrons. The minimum atomic E-state index is -1.78. The Morgan fingerprint density at radius 3 is 1.68 bits per heavy atom. The third-order valence-electron chi connectivity index (χ3n) is 5.24. The second-order valence-corrected chi connectivity index (χ2v) is 27.7. The van der Waals surface area contributed by atoms with E-state index in [1.165, 1.54) is 33.6 Å². The average Bonchev–Trinajstić information content (AvgIpc) is 3.14. The molecule has 5 heteroatoms. The molecular weight excluding hydrogens is 494 g/mol. The number of rotatable bonds is 5. The van der Waals surface area contributed by atoms with E-state index in [9.17, 15) is 0 Å². The largest absolute Gasteiger partial charge is 3.00 e. The van der Waals surface area contributed by atoms with Crippen LogP contribution in [0.2, 0.25) is 51.4 Å². The third-order valence-corrected chi connectivity index (χ3v) is 10.6. The van der Waals surface area contributed by atoms with Gasteiger partial charge in [0.1, 0.15) is 5.75 Å². The van der Waals surface area contributed by atoms with Gasteiger partial charge in [0.25, 0.3) is 0 Å². The Balaban J connectivity index is 0. The van der Waals surface area contributed by atoms with E-state index in [1.54, 1.807) is 0 Å². The molecule has 1 nitrogen and oxygen atoms in total. The van der Waals surface area contributed by atoms with E-state index in [1.807, 2.05) is 7.11 Å². The van der Waals surface area contributed by atoms with Crippen molar-refractivity contribution in [2.24, 2.45) is 0 Å². The Morgan fingerprint density at radius 1 is 0.941 bits per heavy atom. The van der Waals surface area contributed by atoms with E-state index in [-0.39, 0.29) is 31.3 Å². The van der Waals surface area contributed by atoms with Crippen molar-refractivity contribution < 1.29 is 30.6 Å². The second kappa shape index (κ2) is 14.7. The molecule has 0 N–H and O–H groups in total. The molecule has 0 saturated heterocycles. The molecule has 0 spiro atoms. The molecule has 0 radical (unpaired) electrons. The van der Waals surface area contributed by atoms with Crippen LogP contribution in [-0.2, 0) is 31.3 Å². The molecule has 1 aliphatic carbocycles. The third kappa shape index (κ3) is 12.8. The maximum absolute atomic E-state index is 6.00. The summed E-state index contributed by atoms with van der Waals surface area (Å²) in [6, 6.07) is 7.10. The van der Waals surface area contributed by atoms with Crippen LogP contribution < -0.4 is 9.92 Å². The zero-order valence-electron chi connectivity index (χ0n) is 24.8. The summed E-state index contributed by atoms with van der Waals surface area (Å²) >= 11 is 0. The van der Waals surface area contributed by atoms with Crippen LogP contribution in [0.1, 0.15) is 52.2 Å². The predicted molar refractivity (Wildman–Crippen MR) is 161 cm³/mol. The Bertz CT molecular complexity index is 778. The summed E-state index contributed by atoms with van der Waals surface area (Å²) in [6.07, 6.45) is 8.99. The first-order valence-corrected chi connectivity index (χ1v) is 22.3. The van der Waals surface area contributed by atoms with Crippen LogP contribution in [0.4, 0.5) is 0 Å². The molecule has 0 atom stereocenters. The average molecular weight is 547 g/mol. The first kappa shape index (κ1) is 36.2. The van der Waals surface area contributed by atoms with Gasteiger partial charge in [0, 0.05) is 0 Å². The quantitative estimate of drug-likeness (QED) is 0.265. The van der Waals surface area contributed by atoms with E-state index < -0.39 is 24.2 Å². The first-order chi connectivity index (χ1) is 14.8. The van der Waals surface area contributed by atoms with Gasteiger partial charge in [-0.3, -0.25) is 6.08 Å². The molecule has 0 unspecified atom stereocenters. The maximum Gasteiger partial charge on any atom is 3.00 e. The van der Waals surface area contributed by atoms with E-state index in [0.717, 1.165) is 12.2 Å². The molecule has 0 fully saturated rings. The molecule has 1 aromatic rings. The van der Waals surface area contributed by atoms with Gasteiger partial charge in [-0.15, -0.1) is 22.6 Å². The zero-order chi connectivity index (χ0) is 26.3. The van der Waals surface area contributed by atoms with Crippen molar-refractivity contribution in [2.45, 2.75) is 105 Å². The number of aryl methyl sites for hydroxylation is 1. The summed E-state index contributed by atoms with van der Waals surface area (Å²) in [5.41, 5.74) is 2.76. The topological polar surface area (TPSA) is 9.23 Å². The molecule has 2 rings (SSSR count). The number of ether oxygens (including phenoxy) is 1. The molecular formula is C29H53OScSi3. The second-order valence-electron chi connectivity index (χ2n) is 12.8. The van der Waals surface area contributed by atoms with E-state index >= 15 is 0 Å². The summed E-state index contributed by atoms with van der Waals surface area (Å²) in [4.78, 5) is 0. The number of benzene rings is 1. The Hall–Kier alpha value is 0.0208. The number of methoxy groups -OCH3 is 1. The van der Waals surface area contributed by atoms with Gasteiger partial charge < -0.3 is 17.8 Å². The predicted octanol–water partition coefficient (Wildman–Crippen LogP) is 8.62. The van der Waals surface area contributed by atoms with Crippen molar-refractivity contribution >= 4 is 29.4 Å². The van der Waals surface area contributed by atoms with Crippen molar-refractivity contribution in [1.82, 2.24) is 0 Å². The summed E-state index contributed by atoms with van der Waals surface area (Å²) in [5.74, 6) is 1.12. The first-order valence-electron chi connectivity index (χ1n) is 12.5. The van der Waals surface area contributed by atoms with Crippen LogP contribution in [0.15, 0.2) is 29.5 Å². The van der Waals surface area contributed by atoms with Crippen LogP contribution in [0.3, 0.4) is 0 Å².